The van der Waals surface area contributed by atoms with Crippen LogP contribution in [0.3, 0.4) is 0 Å². The molecule has 0 atom stereocenters. The van der Waals surface area contributed by atoms with Gasteiger partial charge in [-0.25, -0.2) is 13.1 Å². The van der Waals surface area contributed by atoms with Gasteiger partial charge in [-0.1, -0.05) is 15.9 Å². The Labute approximate surface area is 178 Å². The summed E-state index contributed by atoms with van der Waals surface area (Å²) >= 11 is 3.37. The maximum atomic E-state index is 12.6. The molecule has 0 aromatic heterocycles. The van der Waals surface area contributed by atoms with Crippen LogP contribution in [-0.2, 0) is 26.0 Å². The van der Waals surface area contributed by atoms with E-state index < -0.39 is 10.0 Å². The minimum absolute atomic E-state index is 0.0117. The van der Waals surface area contributed by atoms with Gasteiger partial charge in [0.2, 0.25) is 21.8 Å². The quantitative estimate of drug-likeness (QED) is 0.665. The predicted octanol–water partition coefficient (Wildman–Crippen LogP) is 2.97. The number of carbonyl (C=O) groups is 2. The van der Waals surface area contributed by atoms with Crippen LogP contribution < -0.4 is 14.9 Å². The first kappa shape index (κ1) is 21.5. The lowest BCUT2D eigenvalue weighted by Crippen LogP contribution is -2.28. The van der Waals surface area contributed by atoms with Crippen molar-refractivity contribution in [2.45, 2.75) is 31.6 Å². The summed E-state index contributed by atoms with van der Waals surface area (Å²) in [4.78, 5) is 25.5. The molecule has 1 aliphatic heterocycles. The highest BCUT2D eigenvalue weighted by molar-refractivity contribution is 9.10. The third-order valence-electron chi connectivity index (χ3n) is 4.74. The van der Waals surface area contributed by atoms with E-state index in [4.69, 9.17) is 0 Å². The fourth-order valence-electron chi connectivity index (χ4n) is 3.23. The van der Waals surface area contributed by atoms with E-state index in [-0.39, 0.29) is 29.7 Å². The van der Waals surface area contributed by atoms with E-state index in [0.29, 0.717) is 18.7 Å². The number of fused-ring (bicyclic) bond motifs is 1. The summed E-state index contributed by atoms with van der Waals surface area (Å²) < 4.78 is 28.5. The summed E-state index contributed by atoms with van der Waals surface area (Å²) in [7, 11) is -3.74. The summed E-state index contributed by atoms with van der Waals surface area (Å²) in [6.07, 6.45) is 0.630. The van der Waals surface area contributed by atoms with Gasteiger partial charge in [-0.15, -0.1) is 0 Å². The van der Waals surface area contributed by atoms with E-state index in [0.717, 1.165) is 21.3 Å². The first-order valence-corrected chi connectivity index (χ1v) is 11.4. The number of sulfonamides is 1. The smallest absolute Gasteiger partial charge is 0.240 e. The Morgan fingerprint density at radius 1 is 1.17 bits per heavy atom. The Morgan fingerprint density at radius 2 is 1.93 bits per heavy atom. The third-order valence-corrected chi connectivity index (χ3v) is 6.70. The molecule has 3 rings (SSSR count). The standard InChI is InChI=1S/C20H22BrN3O4S/c1-13-11-16(21)3-5-18(13)23-20(26)7-9-22-29(27,28)17-4-6-19-15(12-17)8-10-24(19)14(2)25/h3-6,11-12,22H,7-10H2,1-2H3,(H,23,26). The normalized spacial score (nSPS) is 13.3. The van der Waals surface area contributed by atoms with Crippen molar-refractivity contribution in [3.63, 3.8) is 0 Å². The molecule has 0 fully saturated rings. The topological polar surface area (TPSA) is 95.6 Å². The number of benzene rings is 2. The number of rotatable bonds is 6. The summed E-state index contributed by atoms with van der Waals surface area (Å²) in [5, 5.41) is 2.78. The zero-order valence-electron chi connectivity index (χ0n) is 16.2. The Bertz CT molecular complexity index is 1070. The zero-order chi connectivity index (χ0) is 21.2. The fourth-order valence-corrected chi connectivity index (χ4v) is 4.79. The molecule has 9 heteroatoms. The molecule has 29 heavy (non-hydrogen) atoms. The van der Waals surface area contributed by atoms with Gasteiger partial charge in [-0.05, 0) is 60.9 Å². The molecule has 0 aliphatic carbocycles. The van der Waals surface area contributed by atoms with Crippen molar-refractivity contribution in [1.82, 2.24) is 4.72 Å². The van der Waals surface area contributed by atoms with Gasteiger partial charge >= 0.3 is 0 Å². The van der Waals surface area contributed by atoms with Gasteiger partial charge in [0.05, 0.1) is 4.90 Å². The van der Waals surface area contributed by atoms with E-state index in [9.17, 15) is 18.0 Å². The summed E-state index contributed by atoms with van der Waals surface area (Å²) in [6, 6.07) is 10.2. The second kappa shape index (κ2) is 8.64. The van der Waals surface area contributed by atoms with Crippen LogP contribution in [0, 0.1) is 6.92 Å². The van der Waals surface area contributed by atoms with Crippen molar-refractivity contribution >= 4 is 49.1 Å². The van der Waals surface area contributed by atoms with E-state index in [1.165, 1.54) is 13.0 Å². The maximum Gasteiger partial charge on any atom is 0.240 e. The molecular formula is C20H22BrN3O4S. The Hall–Kier alpha value is -2.23. The highest BCUT2D eigenvalue weighted by atomic mass is 79.9. The number of halogens is 1. The van der Waals surface area contributed by atoms with Crippen LogP contribution in [0.2, 0.25) is 0 Å². The largest absolute Gasteiger partial charge is 0.326 e. The van der Waals surface area contributed by atoms with Crippen LogP contribution >= 0.6 is 15.9 Å². The summed E-state index contributed by atoms with van der Waals surface area (Å²) in [5.74, 6) is -0.339. The van der Waals surface area contributed by atoms with Crippen LogP contribution in [0.1, 0.15) is 24.5 Å². The van der Waals surface area contributed by atoms with Gasteiger partial charge in [0.1, 0.15) is 0 Å². The molecule has 7 nitrogen and oxygen atoms in total. The van der Waals surface area contributed by atoms with Crippen LogP contribution in [0.25, 0.3) is 0 Å². The van der Waals surface area contributed by atoms with Crippen molar-refractivity contribution in [3.8, 4) is 0 Å². The minimum atomic E-state index is -3.74. The number of anilines is 2. The van der Waals surface area contributed by atoms with Gasteiger partial charge in [0.25, 0.3) is 0 Å². The van der Waals surface area contributed by atoms with Crippen LogP contribution in [0.15, 0.2) is 45.8 Å². The second-order valence-electron chi connectivity index (χ2n) is 6.87. The van der Waals surface area contributed by atoms with E-state index in [1.807, 2.05) is 19.1 Å². The first-order valence-electron chi connectivity index (χ1n) is 9.14. The highest BCUT2D eigenvalue weighted by Crippen LogP contribution is 2.30. The van der Waals surface area contributed by atoms with Gasteiger partial charge < -0.3 is 10.2 Å². The molecule has 1 aliphatic rings. The molecule has 0 bridgehead atoms. The number of nitrogens with one attached hydrogen (secondary N) is 2. The van der Waals surface area contributed by atoms with Crippen molar-refractivity contribution in [2.24, 2.45) is 0 Å². The Morgan fingerprint density at radius 3 is 2.62 bits per heavy atom. The molecular weight excluding hydrogens is 458 g/mol. The highest BCUT2D eigenvalue weighted by Gasteiger charge is 2.24. The lowest BCUT2D eigenvalue weighted by Gasteiger charge is -2.15. The van der Waals surface area contributed by atoms with E-state index >= 15 is 0 Å². The molecule has 2 N–H and O–H groups in total. The molecule has 2 aromatic carbocycles. The van der Waals surface area contributed by atoms with Crippen molar-refractivity contribution in [2.75, 3.05) is 23.3 Å². The molecule has 154 valence electrons. The van der Waals surface area contributed by atoms with Crippen LogP contribution in [0.4, 0.5) is 11.4 Å². The van der Waals surface area contributed by atoms with Gasteiger partial charge in [-0.2, -0.15) is 0 Å². The van der Waals surface area contributed by atoms with Crippen LogP contribution in [0.5, 0.6) is 0 Å². The molecule has 2 aromatic rings. The zero-order valence-corrected chi connectivity index (χ0v) is 18.6. The van der Waals surface area contributed by atoms with Crippen molar-refractivity contribution in [3.05, 3.63) is 52.0 Å². The molecule has 0 saturated heterocycles. The first-order chi connectivity index (χ1) is 13.7. The van der Waals surface area contributed by atoms with Crippen molar-refractivity contribution < 1.29 is 18.0 Å². The lowest BCUT2D eigenvalue weighted by atomic mass is 10.2. The van der Waals surface area contributed by atoms with E-state index in [1.54, 1.807) is 23.1 Å². The number of amides is 2. The molecule has 1 heterocycles. The fraction of sp³-hybridized carbons (Fsp3) is 0.300. The van der Waals surface area contributed by atoms with Gasteiger partial charge in [0, 0.05) is 42.3 Å². The predicted molar refractivity (Wildman–Crippen MR) is 115 cm³/mol. The minimum Gasteiger partial charge on any atom is -0.326 e. The SMILES string of the molecule is CC(=O)N1CCc2cc(S(=O)(=O)NCCC(=O)Nc3ccc(Br)cc3C)ccc21. The molecule has 0 unspecified atom stereocenters. The van der Waals surface area contributed by atoms with Crippen molar-refractivity contribution in [1.29, 1.82) is 0 Å². The number of hydrogen-bond acceptors (Lipinski definition) is 4. The summed E-state index contributed by atoms with van der Waals surface area (Å²) in [5.41, 5.74) is 3.17. The Kier molecular flexibility index (Phi) is 6.40. The average molecular weight is 480 g/mol. The number of nitrogens with zero attached hydrogens (tertiary/aromatic N) is 1. The van der Waals surface area contributed by atoms with Gasteiger partial charge in [0.15, 0.2) is 0 Å². The molecule has 0 spiro atoms. The maximum absolute atomic E-state index is 12.6. The van der Waals surface area contributed by atoms with E-state index in [2.05, 4.69) is 26.0 Å². The van der Waals surface area contributed by atoms with Gasteiger partial charge in [-0.3, -0.25) is 9.59 Å². The molecule has 0 radical (unpaired) electrons. The number of carbonyl (C=O) groups excluding carboxylic acids is 2. The van der Waals surface area contributed by atoms with Crippen LogP contribution in [-0.4, -0.2) is 33.3 Å². The number of aryl methyl sites for hydroxylation is 1. The Balaban J connectivity index is 1.59. The monoisotopic (exact) mass is 479 g/mol. The molecule has 2 amide bonds. The lowest BCUT2D eigenvalue weighted by molar-refractivity contribution is -0.117. The molecule has 0 saturated carbocycles. The summed E-state index contributed by atoms with van der Waals surface area (Å²) in [6.45, 7) is 3.91. The second-order valence-corrected chi connectivity index (χ2v) is 9.55. The average Bonchev–Trinajstić information content (AvgIpc) is 3.07. The number of hydrogen-bond donors (Lipinski definition) is 2. The third kappa shape index (κ3) is 5.04.